The van der Waals surface area contributed by atoms with Crippen LogP contribution in [0.1, 0.15) is 57.8 Å². The molecule has 1 aliphatic rings. The van der Waals surface area contributed by atoms with Crippen molar-refractivity contribution in [2.45, 2.75) is 39.5 Å². The Labute approximate surface area is 163 Å². The third-order valence-corrected chi connectivity index (χ3v) is 6.17. The van der Waals surface area contributed by atoms with Gasteiger partial charge in [0, 0.05) is 10.4 Å². The fourth-order valence-corrected chi connectivity index (χ4v) is 4.77. The molecule has 1 atom stereocenters. The molecule has 1 aromatic heterocycles. The van der Waals surface area contributed by atoms with Gasteiger partial charge in [-0.3, -0.25) is 4.79 Å². The van der Waals surface area contributed by atoms with E-state index in [1.54, 1.807) is 38.3 Å². The molecule has 27 heavy (non-hydrogen) atoms. The van der Waals surface area contributed by atoms with Gasteiger partial charge in [-0.2, -0.15) is 0 Å². The summed E-state index contributed by atoms with van der Waals surface area (Å²) in [5.41, 5.74) is 2.10. The molecule has 1 aliphatic carbocycles. The van der Waals surface area contributed by atoms with Crippen LogP contribution < -0.4 is 10.1 Å². The quantitative estimate of drug-likeness (QED) is 0.730. The SMILES string of the molecule is CCOC(=O)c1c(NC(=O)c2ccc(OC)cc2)sc2c1CCC(CC)C2. The van der Waals surface area contributed by atoms with Gasteiger partial charge < -0.3 is 14.8 Å². The number of anilines is 1. The molecule has 5 nitrogen and oxygen atoms in total. The van der Waals surface area contributed by atoms with E-state index >= 15 is 0 Å². The fourth-order valence-electron chi connectivity index (χ4n) is 3.43. The van der Waals surface area contributed by atoms with E-state index < -0.39 is 0 Å². The van der Waals surface area contributed by atoms with Crippen molar-refractivity contribution in [1.82, 2.24) is 0 Å². The first kappa shape index (κ1) is 19.4. The van der Waals surface area contributed by atoms with Gasteiger partial charge in [-0.15, -0.1) is 11.3 Å². The second-order valence-corrected chi connectivity index (χ2v) is 7.73. The Hall–Kier alpha value is -2.34. The lowest BCUT2D eigenvalue weighted by molar-refractivity contribution is 0.0526. The molecular weight excluding hydrogens is 362 g/mol. The predicted octanol–water partition coefficient (Wildman–Crippen LogP) is 4.70. The third kappa shape index (κ3) is 4.16. The third-order valence-electron chi connectivity index (χ3n) is 5.00. The topological polar surface area (TPSA) is 64.6 Å². The number of hydrogen-bond acceptors (Lipinski definition) is 5. The van der Waals surface area contributed by atoms with Crippen molar-refractivity contribution in [2.75, 3.05) is 19.0 Å². The minimum absolute atomic E-state index is 0.242. The van der Waals surface area contributed by atoms with E-state index in [-0.39, 0.29) is 11.9 Å². The molecule has 0 spiro atoms. The molecule has 1 heterocycles. The van der Waals surface area contributed by atoms with Gasteiger partial charge in [-0.25, -0.2) is 4.79 Å². The van der Waals surface area contributed by atoms with Crippen LogP contribution in [0.25, 0.3) is 0 Å². The first-order valence-corrected chi connectivity index (χ1v) is 10.2. The van der Waals surface area contributed by atoms with Crippen molar-refractivity contribution in [2.24, 2.45) is 5.92 Å². The van der Waals surface area contributed by atoms with Crippen LogP contribution in [0.15, 0.2) is 24.3 Å². The van der Waals surface area contributed by atoms with Gasteiger partial charge in [0.25, 0.3) is 5.91 Å². The summed E-state index contributed by atoms with van der Waals surface area (Å²) >= 11 is 1.51. The second-order valence-electron chi connectivity index (χ2n) is 6.63. The lowest BCUT2D eigenvalue weighted by Gasteiger charge is -2.20. The minimum Gasteiger partial charge on any atom is -0.497 e. The van der Waals surface area contributed by atoms with E-state index in [0.29, 0.717) is 34.4 Å². The van der Waals surface area contributed by atoms with E-state index in [0.717, 1.165) is 31.2 Å². The molecule has 0 bridgehead atoms. The van der Waals surface area contributed by atoms with E-state index in [2.05, 4.69) is 12.2 Å². The number of hydrogen-bond donors (Lipinski definition) is 1. The second kappa shape index (κ2) is 8.57. The minimum atomic E-state index is -0.352. The molecule has 0 fully saturated rings. The Morgan fingerprint density at radius 2 is 1.96 bits per heavy atom. The Balaban J connectivity index is 1.90. The van der Waals surface area contributed by atoms with E-state index in [1.165, 1.54) is 16.2 Å². The maximum atomic E-state index is 12.7. The molecule has 0 aliphatic heterocycles. The molecule has 2 aromatic rings. The number of ether oxygens (including phenoxy) is 2. The van der Waals surface area contributed by atoms with Gasteiger partial charge in [-0.1, -0.05) is 13.3 Å². The van der Waals surface area contributed by atoms with Crippen LogP contribution >= 0.6 is 11.3 Å². The lowest BCUT2D eigenvalue weighted by Crippen LogP contribution is -2.17. The molecule has 0 radical (unpaired) electrons. The Morgan fingerprint density at radius 1 is 1.22 bits per heavy atom. The van der Waals surface area contributed by atoms with E-state index in [4.69, 9.17) is 9.47 Å². The molecule has 1 aromatic carbocycles. The number of carbonyl (C=O) groups excluding carboxylic acids is 2. The molecule has 0 saturated carbocycles. The number of rotatable bonds is 6. The van der Waals surface area contributed by atoms with Crippen LogP contribution in [0.2, 0.25) is 0 Å². The highest BCUT2D eigenvalue weighted by Gasteiger charge is 2.30. The Bertz CT molecular complexity index is 825. The van der Waals surface area contributed by atoms with Crippen molar-refractivity contribution in [3.8, 4) is 5.75 Å². The highest BCUT2D eigenvalue weighted by molar-refractivity contribution is 7.17. The Kier molecular flexibility index (Phi) is 6.16. The summed E-state index contributed by atoms with van der Waals surface area (Å²) in [6, 6.07) is 6.90. The summed E-state index contributed by atoms with van der Waals surface area (Å²) in [5.74, 6) is 0.733. The number of benzene rings is 1. The van der Waals surface area contributed by atoms with Crippen LogP contribution in [0.5, 0.6) is 5.75 Å². The van der Waals surface area contributed by atoms with Gasteiger partial charge in [0.1, 0.15) is 10.8 Å². The first-order chi connectivity index (χ1) is 13.1. The number of carbonyl (C=O) groups is 2. The average Bonchev–Trinajstić information content (AvgIpc) is 3.04. The molecule has 0 saturated heterocycles. The van der Waals surface area contributed by atoms with Crippen LogP contribution in [0.3, 0.4) is 0 Å². The molecule has 6 heteroatoms. The molecule has 1 amide bonds. The average molecular weight is 388 g/mol. The number of amides is 1. The molecule has 3 rings (SSSR count). The monoisotopic (exact) mass is 387 g/mol. The molecule has 1 unspecified atom stereocenters. The van der Waals surface area contributed by atoms with Crippen molar-refractivity contribution >= 4 is 28.2 Å². The standard InChI is InChI=1S/C21H25NO4S/c1-4-13-6-11-16-17(12-13)27-20(18(16)21(24)26-5-2)22-19(23)14-7-9-15(25-3)10-8-14/h7-10,13H,4-6,11-12H2,1-3H3,(H,22,23). The summed E-state index contributed by atoms with van der Waals surface area (Å²) in [5, 5.41) is 3.53. The lowest BCUT2D eigenvalue weighted by atomic mass is 9.85. The summed E-state index contributed by atoms with van der Waals surface area (Å²) in [6.07, 6.45) is 4.01. The number of fused-ring (bicyclic) bond motifs is 1. The maximum Gasteiger partial charge on any atom is 0.341 e. The van der Waals surface area contributed by atoms with Gasteiger partial charge in [0.2, 0.25) is 0 Å². The van der Waals surface area contributed by atoms with Crippen molar-refractivity contribution < 1.29 is 19.1 Å². The number of methoxy groups -OCH3 is 1. The largest absolute Gasteiger partial charge is 0.497 e. The van der Waals surface area contributed by atoms with Gasteiger partial charge >= 0.3 is 5.97 Å². The van der Waals surface area contributed by atoms with Gasteiger partial charge in [-0.05, 0) is 61.9 Å². The smallest absolute Gasteiger partial charge is 0.341 e. The molecular formula is C21H25NO4S. The molecule has 1 N–H and O–H groups in total. The summed E-state index contributed by atoms with van der Waals surface area (Å²) < 4.78 is 10.4. The van der Waals surface area contributed by atoms with Crippen LogP contribution in [-0.2, 0) is 17.6 Å². The summed E-state index contributed by atoms with van der Waals surface area (Å²) in [7, 11) is 1.58. The summed E-state index contributed by atoms with van der Waals surface area (Å²) in [6.45, 7) is 4.30. The highest BCUT2D eigenvalue weighted by Crippen LogP contribution is 2.41. The van der Waals surface area contributed by atoms with Crippen LogP contribution in [0.4, 0.5) is 5.00 Å². The highest BCUT2D eigenvalue weighted by atomic mass is 32.1. The zero-order valence-corrected chi connectivity index (χ0v) is 16.8. The van der Waals surface area contributed by atoms with Crippen molar-refractivity contribution in [3.63, 3.8) is 0 Å². The number of esters is 1. The zero-order chi connectivity index (χ0) is 19.4. The van der Waals surface area contributed by atoms with Gasteiger partial charge in [0.15, 0.2) is 0 Å². The van der Waals surface area contributed by atoms with Gasteiger partial charge in [0.05, 0.1) is 19.3 Å². The number of thiophene rings is 1. The predicted molar refractivity (Wildman–Crippen MR) is 107 cm³/mol. The number of nitrogens with one attached hydrogen (secondary N) is 1. The fraction of sp³-hybridized carbons (Fsp3) is 0.429. The Morgan fingerprint density at radius 3 is 2.59 bits per heavy atom. The summed E-state index contributed by atoms with van der Waals surface area (Å²) in [4.78, 5) is 26.4. The maximum absolute atomic E-state index is 12.7. The van der Waals surface area contributed by atoms with Crippen molar-refractivity contribution in [1.29, 1.82) is 0 Å². The van der Waals surface area contributed by atoms with Crippen LogP contribution in [-0.4, -0.2) is 25.6 Å². The van der Waals surface area contributed by atoms with Crippen LogP contribution in [0, 0.1) is 5.92 Å². The van der Waals surface area contributed by atoms with E-state index in [1.807, 2.05) is 0 Å². The normalized spacial score (nSPS) is 15.7. The molecule has 144 valence electrons. The first-order valence-electron chi connectivity index (χ1n) is 9.34. The zero-order valence-electron chi connectivity index (χ0n) is 16.0. The van der Waals surface area contributed by atoms with E-state index in [9.17, 15) is 9.59 Å². The van der Waals surface area contributed by atoms with Crippen molar-refractivity contribution in [3.05, 3.63) is 45.8 Å².